The van der Waals surface area contributed by atoms with Crippen LogP contribution in [0, 0.1) is 5.82 Å². The number of nitrogens with zero attached hydrogens (tertiary/aromatic N) is 1. The van der Waals surface area contributed by atoms with Crippen LogP contribution in [0.3, 0.4) is 0 Å². The minimum Gasteiger partial charge on any atom is -0.469 e. The third-order valence-corrected chi connectivity index (χ3v) is 3.67. The Morgan fingerprint density at radius 2 is 2.35 bits per heavy atom. The van der Waals surface area contributed by atoms with Gasteiger partial charge in [-0.1, -0.05) is 12.1 Å². The van der Waals surface area contributed by atoms with Crippen LogP contribution < -0.4 is 0 Å². The third-order valence-electron chi connectivity index (χ3n) is 3.67. The van der Waals surface area contributed by atoms with E-state index in [1.807, 2.05) is 6.07 Å². The summed E-state index contributed by atoms with van der Waals surface area (Å²) >= 11 is 0. The molecule has 0 amide bonds. The van der Waals surface area contributed by atoms with E-state index in [2.05, 4.69) is 9.64 Å². The Labute approximate surface area is 118 Å². The molecule has 1 heterocycles. The van der Waals surface area contributed by atoms with Crippen molar-refractivity contribution in [1.82, 2.24) is 4.90 Å². The summed E-state index contributed by atoms with van der Waals surface area (Å²) in [6.07, 6.45) is 1.23. The van der Waals surface area contributed by atoms with E-state index in [9.17, 15) is 14.3 Å². The summed E-state index contributed by atoms with van der Waals surface area (Å²) in [7, 11) is 1.37. The first kappa shape index (κ1) is 14.9. The number of likely N-dealkylation sites (tertiary alicyclic amines) is 1. The van der Waals surface area contributed by atoms with Crippen molar-refractivity contribution in [3.05, 3.63) is 35.6 Å². The lowest BCUT2D eigenvalue weighted by Gasteiger charge is -2.24. The van der Waals surface area contributed by atoms with E-state index >= 15 is 0 Å². The number of hydrogen-bond acceptors (Lipinski definition) is 4. The van der Waals surface area contributed by atoms with Crippen LogP contribution in [0.4, 0.5) is 4.39 Å². The molecule has 1 aromatic carbocycles. The fourth-order valence-corrected chi connectivity index (χ4v) is 2.72. The molecule has 110 valence electrons. The molecule has 20 heavy (non-hydrogen) atoms. The number of aliphatic hydroxyl groups excluding tert-OH is 1. The van der Waals surface area contributed by atoms with E-state index in [0.717, 1.165) is 5.56 Å². The van der Waals surface area contributed by atoms with Crippen LogP contribution in [0.5, 0.6) is 0 Å². The predicted molar refractivity (Wildman–Crippen MR) is 72.6 cm³/mol. The Morgan fingerprint density at radius 3 is 3.05 bits per heavy atom. The summed E-state index contributed by atoms with van der Waals surface area (Å²) in [5, 5.41) is 9.83. The zero-order chi connectivity index (χ0) is 14.5. The van der Waals surface area contributed by atoms with Gasteiger partial charge in [-0.25, -0.2) is 4.39 Å². The summed E-state index contributed by atoms with van der Waals surface area (Å²) in [5.41, 5.74) is 0.875. The Hall–Kier alpha value is -1.46. The Balaban J connectivity index is 1.98. The van der Waals surface area contributed by atoms with Crippen molar-refractivity contribution in [2.24, 2.45) is 0 Å². The fourth-order valence-electron chi connectivity index (χ4n) is 2.72. The van der Waals surface area contributed by atoms with Crippen molar-refractivity contribution in [2.75, 3.05) is 20.2 Å². The molecule has 0 bridgehead atoms. The van der Waals surface area contributed by atoms with Crippen LogP contribution >= 0.6 is 0 Å². The van der Waals surface area contributed by atoms with Gasteiger partial charge in [-0.3, -0.25) is 9.69 Å². The zero-order valence-electron chi connectivity index (χ0n) is 11.6. The number of carbonyl (C=O) groups excluding carboxylic acids is 1. The molecule has 2 unspecified atom stereocenters. The average Bonchev–Trinajstić information content (AvgIpc) is 2.79. The maximum Gasteiger partial charge on any atom is 0.305 e. The normalized spacial score (nSPS) is 22.9. The summed E-state index contributed by atoms with van der Waals surface area (Å²) in [4.78, 5) is 13.2. The topological polar surface area (TPSA) is 49.8 Å². The lowest BCUT2D eigenvalue weighted by atomic mass is 10.0. The minimum absolute atomic E-state index is 0.0124. The molecule has 1 fully saturated rings. The van der Waals surface area contributed by atoms with E-state index in [4.69, 9.17) is 0 Å². The van der Waals surface area contributed by atoms with Crippen molar-refractivity contribution in [1.29, 1.82) is 0 Å². The van der Waals surface area contributed by atoms with Gasteiger partial charge in [0.15, 0.2) is 0 Å². The first-order valence-corrected chi connectivity index (χ1v) is 6.84. The van der Waals surface area contributed by atoms with Crippen LogP contribution in [-0.4, -0.2) is 42.3 Å². The molecular formula is C15H20FNO3. The van der Waals surface area contributed by atoms with Gasteiger partial charge in [0.2, 0.25) is 0 Å². The number of rotatable bonds is 5. The van der Waals surface area contributed by atoms with Crippen LogP contribution in [0.15, 0.2) is 24.3 Å². The highest BCUT2D eigenvalue weighted by Gasteiger charge is 2.31. The first-order chi connectivity index (χ1) is 9.60. The van der Waals surface area contributed by atoms with Crippen molar-refractivity contribution in [3.8, 4) is 0 Å². The summed E-state index contributed by atoms with van der Waals surface area (Å²) in [5.74, 6) is -0.495. The average molecular weight is 281 g/mol. The van der Waals surface area contributed by atoms with Gasteiger partial charge in [0.05, 0.1) is 13.2 Å². The van der Waals surface area contributed by atoms with Gasteiger partial charge in [0.25, 0.3) is 0 Å². The SMILES string of the molecule is COC(=O)CCCN1CC(O)CC1c1cccc(F)c1. The highest BCUT2D eigenvalue weighted by atomic mass is 19.1. The molecule has 0 saturated carbocycles. The largest absolute Gasteiger partial charge is 0.469 e. The van der Waals surface area contributed by atoms with Crippen LogP contribution in [-0.2, 0) is 9.53 Å². The van der Waals surface area contributed by atoms with E-state index in [1.54, 1.807) is 6.07 Å². The molecule has 2 rings (SSSR count). The van der Waals surface area contributed by atoms with E-state index in [1.165, 1.54) is 19.2 Å². The molecule has 0 radical (unpaired) electrons. The Kier molecular flexibility index (Phi) is 5.09. The molecule has 5 heteroatoms. The maximum atomic E-state index is 13.3. The van der Waals surface area contributed by atoms with E-state index in [-0.39, 0.29) is 17.8 Å². The molecule has 0 spiro atoms. The van der Waals surface area contributed by atoms with Crippen molar-refractivity contribution in [3.63, 3.8) is 0 Å². The van der Waals surface area contributed by atoms with Gasteiger partial charge >= 0.3 is 5.97 Å². The zero-order valence-corrected chi connectivity index (χ0v) is 11.6. The van der Waals surface area contributed by atoms with Crippen molar-refractivity contribution in [2.45, 2.75) is 31.4 Å². The molecule has 1 aromatic rings. The molecule has 2 atom stereocenters. The third kappa shape index (κ3) is 3.77. The lowest BCUT2D eigenvalue weighted by molar-refractivity contribution is -0.140. The molecule has 1 aliphatic heterocycles. The molecule has 1 saturated heterocycles. The van der Waals surface area contributed by atoms with Gasteiger partial charge in [-0.05, 0) is 37.1 Å². The van der Waals surface area contributed by atoms with Gasteiger partial charge in [-0.15, -0.1) is 0 Å². The summed E-state index contributed by atoms with van der Waals surface area (Å²) < 4.78 is 17.9. The van der Waals surface area contributed by atoms with E-state index in [0.29, 0.717) is 32.4 Å². The summed E-state index contributed by atoms with van der Waals surface area (Å²) in [6.45, 7) is 1.25. The predicted octanol–water partition coefficient (Wildman–Crippen LogP) is 1.89. The highest BCUT2D eigenvalue weighted by Crippen LogP contribution is 2.32. The molecule has 0 aromatic heterocycles. The minimum atomic E-state index is -0.401. The van der Waals surface area contributed by atoms with Crippen LogP contribution in [0.2, 0.25) is 0 Å². The number of carbonyl (C=O) groups is 1. The van der Waals surface area contributed by atoms with Gasteiger partial charge in [-0.2, -0.15) is 0 Å². The monoisotopic (exact) mass is 281 g/mol. The quantitative estimate of drug-likeness (QED) is 0.837. The number of benzene rings is 1. The highest BCUT2D eigenvalue weighted by molar-refractivity contribution is 5.69. The van der Waals surface area contributed by atoms with Crippen molar-refractivity contribution < 1.29 is 19.0 Å². The number of methoxy groups -OCH3 is 1. The number of halogens is 1. The standard InChI is InChI=1S/C15H20FNO3/c1-20-15(19)6-3-7-17-10-13(18)9-14(17)11-4-2-5-12(16)8-11/h2,4-5,8,13-14,18H,3,6-7,9-10H2,1H3. The van der Waals surface area contributed by atoms with E-state index < -0.39 is 6.10 Å². The molecular weight excluding hydrogens is 261 g/mol. The maximum absolute atomic E-state index is 13.3. The van der Waals surface area contributed by atoms with Gasteiger partial charge in [0.1, 0.15) is 5.82 Å². The number of ether oxygens (including phenoxy) is 1. The smallest absolute Gasteiger partial charge is 0.305 e. The molecule has 1 aliphatic rings. The molecule has 4 nitrogen and oxygen atoms in total. The van der Waals surface area contributed by atoms with Crippen LogP contribution in [0.1, 0.15) is 30.9 Å². The second-order valence-electron chi connectivity index (χ2n) is 5.13. The second kappa shape index (κ2) is 6.81. The first-order valence-electron chi connectivity index (χ1n) is 6.84. The number of aliphatic hydroxyl groups is 1. The second-order valence-corrected chi connectivity index (χ2v) is 5.13. The van der Waals surface area contributed by atoms with Gasteiger partial charge < -0.3 is 9.84 Å². The van der Waals surface area contributed by atoms with Crippen molar-refractivity contribution >= 4 is 5.97 Å². The molecule has 0 aliphatic carbocycles. The fraction of sp³-hybridized carbons (Fsp3) is 0.533. The number of esters is 1. The number of β-amino-alcohol motifs (C(OH)–C–C–N with tert-alkyl or cyclic N) is 1. The number of hydrogen-bond donors (Lipinski definition) is 1. The van der Waals surface area contributed by atoms with Gasteiger partial charge in [0, 0.05) is 19.0 Å². The summed E-state index contributed by atoms with van der Waals surface area (Å²) in [6, 6.07) is 6.49. The lowest BCUT2D eigenvalue weighted by Crippen LogP contribution is -2.26. The Bertz CT molecular complexity index is 466. The Morgan fingerprint density at radius 1 is 1.55 bits per heavy atom. The molecule has 1 N–H and O–H groups in total. The van der Waals surface area contributed by atoms with Crippen LogP contribution in [0.25, 0.3) is 0 Å².